The molecule has 3 rings (SSSR count). The molecule has 1 N–H and O–H groups in total. The zero-order valence-electron chi connectivity index (χ0n) is 13.0. The molecule has 1 unspecified atom stereocenters. The molecule has 0 spiro atoms. The van der Waals surface area contributed by atoms with E-state index < -0.39 is 0 Å². The van der Waals surface area contributed by atoms with Crippen LogP contribution in [0.15, 0.2) is 49.7 Å². The van der Waals surface area contributed by atoms with Crippen LogP contribution < -0.4 is 5.32 Å². The van der Waals surface area contributed by atoms with Gasteiger partial charge in [0.15, 0.2) is 0 Å². The monoisotopic (exact) mass is 312 g/mol. The predicted octanol–water partition coefficient (Wildman–Crippen LogP) is 2.51. The van der Waals surface area contributed by atoms with Crippen molar-refractivity contribution in [3.05, 3.63) is 60.8 Å². The van der Waals surface area contributed by atoms with Gasteiger partial charge in [-0.15, -0.1) is 6.58 Å². The van der Waals surface area contributed by atoms with E-state index in [0.717, 1.165) is 30.7 Å². The predicted molar refractivity (Wildman–Crippen MR) is 87.7 cm³/mol. The molecule has 0 radical (unpaired) electrons. The van der Waals surface area contributed by atoms with Crippen LogP contribution in [0.4, 0.5) is 0 Å². The van der Waals surface area contributed by atoms with E-state index in [1.54, 1.807) is 30.3 Å². The number of nitrogens with one attached hydrogen (secondary N) is 1. The first-order valence-corrected chi connectivity index (χ1v) is 7.60. The van der Waals surface area contributed by atoms with Gasteiger partial charge in [0.2, 0.25) is 5.91 Å². The summed E-state index contributed by atoms with van der Waals surface area (Å²) in [5.41, 5.74) is 0.903. The Hall–Kier alpha value is -2.69. The Bertz CT molecular complexity index is 616. The fraction of sp³-hybridized carbons (Fsp3) is 0.278. The van der Waals surface area contributed by atoms with Crippen molar-refractivity contribution in [2.75, 3.05) is 6.54 Å². The molecule has 0 aliphatic carbocycles. The first-order valence-electron chi connectivity index (χ1n) is 7.60. The van der Waals surface area contributed by atoms with E-state index in [1.807, 2.05) is 0 Å². The molecular weight excluding hydrogens is 292 g/mol. The number of imide groups is 1. The van der Waals surface area contributed by atoms with E-state index in [-0.39, 0.29) is 23.6 Å². The lowest BCUT2D eigenvalue weighted by atomic mass is 10.0. The van der Waals surface area contributed by atoms with E-state index in [4.69, 9.17) is 0 Å². The number of fused-ring (bicyclic) bond motifs is 1. The third kappa shape index (κ3) is 3.56. The van der Waals surface area contributed by atoms with Crippen molar-refractivity contribution >= 4 is 17.7 Å². The Kier molecular flexibility index (Phi) is 5.46. The molecule has 0 bridgehead atoms. The number of benzene rings is 1. The molecule has 5 heteroatoms. The van der Waals surface area contributed by atoms with Gasteiger partial charge in [-0.2, -0.15) is 0 Å². The Morgan fingerprint density at radius 2 is 1.65 bits per heavy atom. The molecule has 120 valence electrons. The van der Waals surface area contributed by atoms with Crippen LogP contribution in [0.2, 0.25) is 0 Å². The van der Waals surface area contributed by atoms with Crippen LogP contribution in [0, 0.1) is 5.92 Å². The maximum Gasteiger partial charge on any atom is 0.265 e. The number of amides is 3. The molecule has 2 aliphatic heterocycles. The molecule has 2 heterocycles. The summed E-state index contributed by atoms with van der Waals surface area (Å²) in [4.78, 5) is 35.0. The van der Waals surface area contributed by atoms with Gasteiger partial charge in [-0.05, 0) is 25.0 Å². The fourth-order valence-electron chi connectivity index (χ4n) is 2.56. The van der Waals surface area contributed by atoms with Crippen molar-refractivity contribution in [1.29, 1.82) is 0 Å². The number of rotatable bonds is 2. The Morgan fingerprint density at radius 3 is 2.17 bits per heavy atom. The van der Waals surface area contributed by atoms with E-state index in [0.29, 0.717) is 11.1 Å². The zero-order valence-corrected chi connectivity index (χ0v) is 13.0. The lowest BCUT2D eigenvalue weighted by Crippen LogP contribution is -2.27. The lowest BCUT2D eigenvalue weighted by Gasteiger charge is -2.05. The van der Waals surface area contributed by atoms with Gasteiger partial charge >= 0.3 is 0 Å². The Balaban J connectivity index is 0.000000174. The average Bonchev–Trinajstić information content (AvgIpc) is 2.70. The van der Waals surface area contributed by atoms with Gasteiger partial charge in [0.1, 0.15) is 0 Å². The lowest BCUT2D eigenvalue weighted by molar-refractivity contribution is -0.123. The topological polar surface area (TPSA) is 66.5 Å². The van der Waals surface area contributed by atoms with Crippen LogP contribution in [0.25, 0.3) is 0 Å². The summed E-state index contributed by atoms with van der Waals surface area (Å²) in [6.07, 6.45) is 6.19. The minimum Gasteiger partial charge on any atom is -0.356 e. The summed E-state index contributed by atoms with van der Waals surface area (Å²) >= 11 is 0. The second-order valence-electron chi connectivity index (χ2n) is 5.34. The quantitative estimate of drug-likeness (QED) is 0.674. The number of carbonyl (C=O) groups excluding carboxylic acids is 3. The van der Waals surface area contributed by atoms with Gasteiger partial charge in [0.05, 0.1) is 17.0 Å². The third-order valence-corrected chi connectivity index (χ3v) is 3.87. The van der Waals surface area contributed by atoms with Gasteiger partial charge in [0, 0.05) is 12.7 Å². The van der Waals surface area contributed by atoms with E-state index in [1.165, 1.54) is 6.20 Å². The third-order valence-electron chi connectivity index (χ3n) is 3.87. The van der Waals surface area contributed by atoms with Gasteiger partial charge in [-0.25, -0.2) is 4.90 Å². The summed E-state index contributed by atoms with van der Waals surface area (Å²) in [6, 6.07) is 6.74. The second kappa shape index (κ2) is 7.54. The molecule has 1 aromatic carbocycles. The smallest absolute Gasteiger partial charge is 0.265 e. The van der Waals surface area contributed by atoms with Gasteiger partial charge in [0.25, 0.3) is 11.8 Å². The first-order chi connectivity index (χ1) is 11.1. The molecular formula is C18H20N2O3. The molecule has 0 saturated carbocycles. The largest absolute Gasteiger partial charge is 0.356 e. The summed E-state index contributed by atoms with van der Waals surface area (Å²) in [6.45, 7) is 7.86. The number of nitrogens with zero attached hydrogens (tertiary/aromatic N) is 1. The summed E-state index contributed by atoms with van der Waals surface area (Å²) in [5.74, 6) is -0.388. The fourth-order valence-corrected chi connectivity index (χ4v) is 2.56. The van der Waals surface area contributed by atoms with Crippen LogP contribution in [0.5, 0.6) is 0 Å². The minimum absolute atomic E-state index is 0.0579. The number of carbonyl (C=O) groups is 3. The molecule has 0 aromatic heterocycles. The summed E-state index contributed by atoms with van der Waals surface area (Å²) in [7, 11) is 0. The van der Waals surface area contributed by atoms with Crippen LogP contribution in [-0.4, -0.2) is 29.2 Å². The van der Waals surface area contributed by atoms with Crippen molar-refractivity contribution in [1.82, 2.24) is 10.2 Å². The van der Waals surface area contributed by atoms with Crippen molar-refractivity contribution in [2.24, 2.45) is 5.92 Å². The highest BCUT2D eigenvalue weighted by atomic mass is 16.2. The summed E-state index contributed by atoms with van der Waals surface area (Å²) in [5, 5.41) is 2.84. The summed E-state index contributed by atoms with van der Waals surface area (Å²) < 4.78 is 0. The Morgan fingerprint density at radius 1 is 1.04 bits per heavy atom. The molecule has 2 aliphatic rings. The van der Waals surface area contributed by atoms with Crippen molar-refractivity contribution in [3.8, 4) is 0 Å². The SMILES string of the molecule is C=CC1CCCCNC1=O.C=CN1C(=O)c2ccccc2C1=O. The highest BCUT2D eigenvalue weighted by Crippen LogP contribution is 2.21. The molecule has 1 aromatic rings. The van der Waals surface area contributed by atoms with Crippen molar-refractivity contribution in [3.63, 3.8) is 0 Å². The van der Waals surface area contributed by atoms with Gasteiger partial charge in [-0.1, -0.05) is 31.2 Å². The molecule has 5 nitrogen and oxygen atoms in total. The number of hydrogen-bond donors (Lipinski definition) is 1. The zero-order chi connectivity index (χ0) is 16.8. The second-order valence-corrected chi connectivity index (χ2v) is 5.34. The van der Waals surface area contributed by atoms with Gasteiger partial charge < -0.3 is 5.32 Å². The minimum atomic E-state index is -0.296. The normalized spacial score (nSPS) is 19.9. The molecule has 1 saturated heterocycles. The molecule has 23 heavy (non-hydrogen) atoms. The average molecular weight is 312 g/mol. The van der Waals surface area contributed by atoms with Crippen molar-refractivity contribution < 1.29 is 14.4 Å². The van der Waals surface area contributed by atoms with Crippen LogP contribution in [-0.2, 0) is 4.79 Å². The number of hydrogen-bond acceptors (Lipinski definition) is 3. The van der Waals surface area contributed by atoms with Gasteiger partial charge in [-0.3, -0.25) is 14.4 Å². The molecule has 3 amide bonds. The van der Waals surface area contributed by atoms with Crippen LogP contribution >= 0.6 is 0 Å². The van der Waals surface area contributed by atoms with Crippen LogP contribution in [0.3, 0.4) is 0 Å². The standard InChI is InChI=1S/C10H7NO2.C8H13NO/c1-2-11-9(12)7-5-3-4-6-8(7)10(11)13;1-2-7-5-3-4-6-9-8(7)10/h2-6H,1H2;2,7H,1,3-6H2,(H,9,10). The Labute approximate surface area is 135 Å². The maximum atomic E-state index is 11.5. The van der Waals surface area contributed by atoms with Crippen LogP contribution in [0.1, 0.15) is 40.0 Å². The maximum absolute atomic E-state index is 11.5. The van der Waals surface area contributed by atoms with E-state index in [9.17, 15) is 14.4 Å². The van der Waals surface area contributed by atoms with E-state index in [2.05, 4.69) is 18.5 Å². The molecule has 1 fully saturated rings. The highest BCUT2D eigenvalue weighted by Gasteiger charge is 2.33. The van der Waals surface area contributed by atoms with Crippen molar-refractivity contribution in [2.45, 2.75) is 19.3 Å². The van der Waals surface area contributed by atoms with E-state index >= 15 is 0 Å². The highest BCUT2D eigenvalue weighted by molar-refractivity contribution is 6.21. The molecule has 1 atom stereocenters. The first kappa shape index (κ1) is 16.7.